The van der Waals surface area contributed by atoms with Crippen molar-refractivity contribution in [1.82, 2.24) is 9.88 Å². The zero-order valence-electron chi connectivity index (χ0n) is 11.4. The number of hydrogen-bond acceptors (Lipinski definition) is 3. The van der Waals surface area contributed by atoms with Crippen LogP contribution in [0.5, 0.6) is 0 Å². The third-order valence-electron chi connectivity index (χ3n) is 3.86. The molecule has 0 radical (unpaired) electrons. The van der Waals surface area contributed by atoms with Crippen molar-refractivity contribution in [3.05, 3.63) is 23.4 Å². The van der Waals surface area contributed by atoms with Crippen LogP contribution in [0, 0.1) is 18.8 Å². The third-order valence-corrected chi connectivity index (χ3v) is 3.86. The number of nitrogens with zero attached hydrogens (tertiary/aromatic N) is 2. The molecule has 1 aromatic heterocycles. The minimum absolute atomic E-state index is 0.121. The first-order valence-corrected chi connectivity index (χ1v) is 7.15. The van der Waals surface area contributed by atoms with Crippen LogP contribution in [-0.2, 0) is 0 Å². The summed E-state index contributed by atoms with van der Waals surface area (Å²) in [5, 5.41) is 0. The van der Waals surface area contributed by atoms with Gasteiger partial charge < -0.3 is 10.6 Å². The van der Waals surface area contributed by atoms with Crippen LogP contribution in [0.4, 0.5) is 5.82 Å². The zero-order chi connectivity index (χ0) is 13.4. The van der Waals surface area contributed by atoms with Gasteiger partial charge in [0, 0.05) is 24.3 Å². The molecule has 2 N–H and O–H groups in total. The van der Waals surface area contributed by atoms with Crippen LogP contribution in [0.3, 0.4) is 0 Å². The molecule has 3 rings (SSSR count). The molecule has 2 aliphatic rings. The maximum Gasteiger partial charge on any atom is 0.254 e. The van der Waals surface area contributed by atoms with E-state index in [0.717, 1.165) is 30.6 Å². The van der Waals surface area contributed by atoms with Gasteiger partial charge in [-0.2, -0.15) is 0 Å². The molecule has 1 heterocycles. The quantitative estimate of drug-likeness (QED) is 0.882. The van der Waals surface area contributed by atoms with Crippen molar-refractivity contribution in [3.63, 3.8) is 0 Å². The Balaban J connectivity index is 1.76. The van der Waals surface area contributed by atoms with E-state index in [4.69, 9.17) is 5.73 Å². The highest BCUT2D eigenvalue weighted by Crippen LogP contribution is 2.34. The average Bonchev–Trinajstić information content (AvgIpc) is 3.20. The molecule has 0 unspecified atom stereocenters. The van der Waals surface area contributed by atoms with Gasteiger partial charge in [0.25, 0.3) is 5.91 Å². The van der Waals surface area contributed by atoms with Crippen LogP contribution in [0.2, 0.25) is 0 Å². The van der Waals surface area contributed by atoms with Gasteiger partial charge >= 0.3 is 0 Å². The number of carbonyl (C=O) groups excluding carboxylic acids is 1. The van der Waals surface area contributed by atoms with Gasteiger partial charge in [0.05, 0.1) is 0 Å². The monoisotopic (exact) mass is 259 g/mol. The molecule has 1 aromatic rings. The number of nitrogens with two attached hydrogens (primary N) is 1. The lowest BCUT2D eigenvalue weighted by molar-refractivity contribution is 0.0739. The fraction of sp³-hybridized carbons (Fsp3) is 0.600. The number of pyridine rings is 1. The van der Waals surface area contributed by atoms with E-state index in [1.807, 2.05) is 17.9 Å². The summed E-state index contributed by atoms with van der Waals surface area (Å²) in [4.78, 5) is 18.8. The lowest BCUT2D eigenvalue weighted by Crippen LogP contribution is -2.34. The Bertz CT molecular complexity index is 458. The number of amides is 1. The average molecular weight is 259 g/mol. The molecule has 0 aromatic carbocycles. The molecular formula is C15H21N3O. The summed E-state index contributed by atoms with van der Waals surface area (Å²) >= 11 is 0. The maximum atomic E-state index is 12.6. The van der Waals surface area contributed by atoms with Gasteiger partial charge in [-0.25, -0.2) is 4.98 Å². The Labute approximate surface area is 114 Å². The normalized spacial score (nSPS) is 18.4. The summed E-state index contributed by atoms with van der Waals surface area (Å²) in [6.45, 7) is 3.70. The second kappa shape index (κ2) is 4.83. The van der Waals surface area contributed by atoms with Gasteiger partial charge in [-0.15, -0.1) is 0 Å². The summed E-state index contributed by atoms with van der Waals surface area (Å²) in [5.41, 5.74) is 7.24. The van der Waals surface area contributed by atoms with Crippen LogP contribution in [0.15, 0.2) is 12.1 Å². The highest BCUT2D eigenvalue weighted by molar-refractivity contribution is 5.95. The van der Waals surface area contributed by atoms with Gasteiger partial charge in [-0.3, -0.25) is 4.79 Å². The van der Waals surface area contributed by atoms with Crippen molar-refractivity contribution in [2.75, 3.05) is 18.8 Å². The topological polar surface area (TPSA) is 59.2 Å². The van der Waals surface area contributed by atoms with E-state index in [-0.39, 0.29) is 5.91 Å². The Kier molecular flexibility index (Phi) is 3.17. The lowest BCUT2D eigenvalue weighted by Gasteiger charge is -2.23. The van der Waals surface area contributed by atoms with E-state index >= 15 is 0 Å². The number of rotatable bonds is 5. The molecule has 4 nitrogen and oxygen atoms in total. The summed E-state index contributed by atoms with van der Waals surface area (Å²) in [7, 11) is 0. The second-order valence-electron chi connectivity index (χ2n) is 6.02. The van der Waals surface area contributed by atoms with Crippen LogP contribution in [0.1, 0.15) is 41.7 Å². The second-order valence-corrected chi connectivity index (χ2v) is 6.02. The number of aromatic nitrogens is 1. The number of anilines is 1. The Morgan fingerprint density at radius 3 is 2.32 bits per heavy atom. The number of nitrogen functional groups attached to an aromatic ring is 1. The summed E-state index contributed by atoms with van der Waals surface area (Å²) in [6.07, 6.45) is 5.08. The molecule has 4 heteroatoms. The molecule has 0 atom stereocenters. The molecule has 0 saturated heterocycles. The minimum atomic E-state index is 0.121. The van der Waals surface area contributed by atoms with Crippen molar-refractivity contribution in [2.45, 2.75) is 32.6 Å². The Morgan fingerprint density at radius 2 is 1.84 bits per heavy atom. The van der Waals surface area contributed by atoms with Gasteiger partial charge in [0.2, 0.25) is 0 Å². The molecule has 1 amide bonds. The minimum Gasteiger partial charge on any atom is -0.384 e. The first kappa shape index (κ1) is 12.5. The molecule has 0 bridgehead atoms. The third kappa shape index (κ3) is 3.25. The highest BCUT2D eigenvalue weighted by atomic mass is 16.2. The summed E-state index contributed by atoms with van der Waals surface area (Å²) < 4.78 is 0. The van der Waals surface area contributed by atoms with E-state index in [1.54, 1.807) is 6.07 Å². The van der Waals surface area contributed by atoms with Crippen LogP contribution in [0.25, 0.3) is 0 Å². The van der Waals surface area contributed by atoms with Crippen molar-refractivity contribution < 1.29 is 4.79 Å². The van der Waals surface area contributed by atoms with E-state index in [0.29, 0.717) is 11.4 Å². The van der Waals surface area contributed by atoms with Gasteiger partial charge in [-0.05, 0) is 56.6 Å². The molecular weight excluding hydrogens is 238 g/mol. The van der Waals surface area contributed by atoms with Crippen molar-refractivity contribution in [1.29, 1.82) is 0 Å². The Hall–Kier alpha value is -1.58. The van der Waals surface area contributed by atoms with Crippen molar-refractivity contribution >= 4 is 11.7 Å². The molecule has 0 aliphatic heterocycles. The van der Waals surface area contributed by atoms with Crippen molar-refractivity contribution in [2.24, 2.45) is 11.8 Å². The van der Waals surface area contributed by atoms with Crippen LogP contribution >= 0.6 is 0 Å². The Morgan fingerprint density at radius 1 is 1.26 bits per heavy atom. The molecule has 2 fully saturated rings. The molecule has 2 saturated carbocycles. The zero-order valence-corrected chi connectivity index (χ0v) is 11.4. The number of aryl methyl sites for hydroxylation is 1. The predicted molar refractivity (Wildman–Crippen MR) is 74.7 cm³/mol. The first-order chi connectivity index (χ1) is 9.11. The van der Waals surface area contributed by atoms with E-state index in [9.17, 15) is 4.79 Å². The number of carbonyl (C=O) groups is 1. The molecule has 2 aliphatic carbocycles. The standard InChI is InChI=1S/C15H21N3O/c1-10-6-13(7-14(16)17-10)15(19)18(8-11-2-3-11)9-12-4-5-12/h6-7,11-12H,2-5,8-9H2,1H3,(H2,16,17). The van der Waals surface area contributed by atoms with Crippen LogP contribution in [-0.4, -0.2) is 28.9 Å². The van der Waals surface area contributed by atoms with Gasteiger partial charge in [0.1, 0.15) is 5.82 Å². The SMILES string of the molecule is Cc1cc(C(=O)N(CC2CC2)CC2CC2)cc(N)n1. The number of hydrogen-bond donors (Lipinski definition) is 1. The predicted octanol–water partition coefficient (Wildman–Crippen LogP) is 2.23. The van der Waals surface area contributed by atoms with Crippen LogP contribution < -0.4 is 5.73 Å². The van der Waals surface area contributed by atoms with Gasteiger partial charge in [0.15, 0.2) is 0 Å². The molecule has 102 valence electrons. The van der Waals surface area contributed by atoms with E-state index in [2.05, 4.69) is 4.98 Å². The van der Waals surface area contributed by atoms with E-state index < -0.39 is 0 Å². The smallest absolute Gasteiger partial charge is 0.254 e. The first-order valence-electron chi connectivity index (χ1n) is 7.15. The van der Waals surface area contributed by atoms with Crippen molar-refractivity contribution in [3.8, 4) is 0 Å². The largest absolute Gasteiger partial charge is 0.384 e. The maximum absolute atomic E-state index is 12.6. The fourth-order valence-electron chi connectivity index (χ4n) is 2.46. The summed E-state index contributed by atoms with van der Waals surface area (Å²) in [6, 6.07) is 3.54. The lowest BCUT2D eigenvalue weighted by atomic mass is 10.1. The highest BCUT2D eigenvalue weighted by Gasteiger charge is 2.31. The fourth-order valence-corrected chi connectivity index (χ4v) is 2.46. The molecule has 0 spiro atoms. The van der Waals surface area contributed by atoms with E-state index in [1.165, 1.54) is 25.7 Å². The molecule has 19 heavy (non-hydrogen) atoms. The summed E-state index contributed by atoms with van der Waals surface area (Å²) in [5.74, 6) is 2.00. The van der Waals surface area contributed by atoms with Gasteiger partial charge in [-0.1, -0.05) is 0 Å².